The van der Waals surface area contributed by atoms with Crippen molar-refractivity contribution in [2.45, 2.75) is 58.2 Å². The van der Waals surface area contributed by atoms with Crippen LogP contribution in [0.3, 0.4) is 0 Å². The summed E-state index contributed by atoms with van der Waals surface area (Å²) in [5.74, 6) is -0.245. The lowest BCUT2D eigenvalue weighted by molar-refractivity contribution is -0.124. The molecule has 7 nitrogen and oxygen atoms in total. The normalized spacial score (nSPS) is 17.6. The van der Waals surface area contributed by atoms with Crippen molar-refractivity contribution >= 4 is 28.4 Å². The monoisotopic (exact) mass is 535 g/mol. The summed E-state index contributed by atoms with van der Waals surface area (Å²) in [6, 6.07) is 25.1. The van der Waals surface area contributed by atoms with Gasteiger partial charge in [-0.1, -0.05) is 63.2 Å². The van der Waals surface area contributed by atoms with Gasteiger partial charge < -0.3 is 15.5 Å². The van der Waals surface area contributed by atoms with Crippen molar-refractivity contribution in [2.75, 3.05) is 11.4 Å². The number of anilines is 1. The molecule has 5 rings (SSSR count). The van der Waals surface area contributed by atoms with Gasteiger partial charge in [-0.3, -0.25) is 14.6 Å². The molecule has 1 aliphatic heterocycles. The zero-order chi connectivity index (χ0) is 28.1. The van der Waals surface area contributed by atoms with E-state index in [0.29, 0.717) is 12.1 Å². The second-order valence-electron chi connectivity index (χ2n) is 10.9. The van der Waals surface area contributed by atoms with Crippen LogP contribution in [0.15, 0.2) is 85.1 Å². The topological polar surface area (TPSA) is 87.2 Å². The van der Waals surface area contributed by atoms with Gasteiger partial charge in [-0.05, 0) is 61.6 Å². The van der Waals surface area contributed by atoms with Gasteiger partial charge in [0.15, 0.2) is 0 Å². The minimum Gasteiger partial charge on any atom is -0.366 e. The fourth-order valence-corrected chi connectivity index (χ4v) is 5.64. The summed E-state index contributed by atoms with van der Waals surface area (Å²) in [5, 5.41) is 7.23. The second-order valence-corrected chi connectivity index (χ2v) is 10.9. The summed E-state index contributed by atoms with van der Waals surface area (Å²) in [6.45, 7) is 7.11. The molecular formula is C33H37N5O2. The third-order valence-corrected chi connectivity index (χ3v) is 7.59. The van der Waals surface area contributed by atoms with Crippen LogP contribution in [0.1, 0.15) is 50.5 Å². The van der Waals surface area contributed by atoms with Crippen molar-refractivity contribution in [3.8, 4) is 11.3 Å². The average Bonchev–Trinajstić information content (AvgIpc) is 3.39. The largest absolute Gasteiger partial charge is 0.366 e. The van der Waals surface area contributed by atoms with E-state index in [4.69, 9.17) is 0 Å². The number of pyridine rings is 2. The highest BCUT2D eigenvalue weighted by atomic mass is 16.2. The van der Waals surface area contributed by atoms with Crippen LogP contribution in [-0.2, 0) is 4.79 Å². The fraction of sp³-hybridized carbons (Fsp3) is 0.333. The Morgan fingerprint density at radius 3 is 2.60 bits per heavy atom. The smallest absolute Gasteiger partial charge is 0.270 e. The molecule has 0 aliphatic carbocycles. The van der Waals surface area contributed by atoms with Crippen LogP contribution in [0, 0.1) is 5.92 Å². The molecule has 0 saturated carbocycles. The first-order chi connectivity index (χ1) is 19.4. The molecule has 2 aromatic heterocycles. The predicted octanol–water partition coefficient (Wildman–Crippen LogP) is 5.62. The Labute approximate surface area is 236 Å². The minimum atomic E-state index is -0.639. The molecule has 2 N–H and O–H groups in total. The molecule has 206 valence electrons. The number of benzene rings is 2. The number of rotatable bonds is 9. The Balaban J connectivity index is 1.29. The summed E-state index contributed by atoms with van der Waals surface area (Å²) in [6.07, 6.45) is 4.08. The molecule has 3 heterocycles. The number of carbonyl (C=O) groups excluding carboxylic acids is 2. The first-order valence-corrected chi connectivity index (χ1v) is 14.2. The summed E-state index contributed by atoms with van der Waals surface area (Å²) in [5.41, 5.74) is 4.20. The number of para-hydroxylation sites is 1. The Kier molecular flexibility index (Phi) is 8.39. The van der Waals surface area contributed by atoms with Gasteiger partial charge in [0.2, 0.25) is 5.91 Å². The second kappa shape index (κ2) is 12.3. The number of nitrogens with zero attached hydrogens (tertiary/aromatic N) is 3. The molecular weight excluding hydrogens is 498 g/mol. The molecule has 2 aromatic carbocycles. The summed E-state index contributed by atoms with van der Waals surface area (Å²) >= 11 is 0. The van der Waals surface area contributed by atoms with Crippen LogP contribution < -0.4 is 15.5 Å². The summed E-state index contributed by atoms with van der Waals surface area (Å²) < 4.78 is 0. The predicted molar refractivity (Wildman–Crippen MR) is 160 cm³/mol. The fourth-order valence-electron chi connectivity index (χ4n) is 5.64. The van der Waals surface area contributed by atoms with Crippen molar-refractivity contribution in [1.82, 2.24) is 20.6 Å². The maximum atomic E-state index is 13.6. The SMILES string of the molecule is CCC1[C@H](NC(=O)[C@H](CC(C)C)NC(=O)c2ccc3ccccc3n2)CCN1c1cccc(-c2ccccn2)c1. The zero-order valence-corrected chi connectivity index (χ0v) is 23.4. The van der Waals surface area contributed by atoms with Crippen LogP contribution in [0.5, 0.6) is 0 Å². The molecule has 1 unspecified atom stereocenters. The van der Waals surface area contributed by atoms with Crippen LogP contribution >= 0.6 is 0 Å². The molecule has 3 atom stereocenters. The first kappa shape index (κ1) is 27.3. The molecule has 0 radical (unpaired) electrons. The van der Waals surface area contributed by atoms with Gasteiger partial charge in [0.1, 0.15) is 11.7 Å². The molecule has 40 heavy (non-hydrogen) atoms. The van der Waals surface area contributed by atoms with E-state index in [2.05, 4.69) is 70.5 Å². The van der Waals surface area contributed by atoms with Crippen LogP contribution in [-0.4, -0.2) is 46.5 Å². The van der Waals surface area contributed by atoms with E-state index in [0.717, 1.165) is 47.2 Å². The van der Waals surface area contributed by atoms with Gasteiger partial charge >= 0.3 is 0 Å². The Morgan fingerprint density at radius 1 is 1.00 bits per heavy atom. The Bertz CT molecular complexity index is 1470. The maximum Gasteiger partial charge on any atom is 0.270 e. The number of hydrogen-bond donors (Lipinski definition) is 2. The zero-order valence-electron chi connectivity index (χ0n) is 23.4. The number of nitrogens with one attached hydrogen (secondary N) is 2. The Morgan fingerprint density at radius 2 is 1.82 bits per heavy atom. The average molecular weight is 536 g/mol. The molecule has 1 fully saturated rings. The van der Waals surface area contributed by atoms with Gasteiger partial charge in [-0.25, -0.2) is 4.98 Å². The highest BCUT2D eigenvalue weighted by molar-refractivity contribution is 5.97. The first-order valence-electron chi connectivity index (χ1n) is 14.2. The van der Waals surface area contributed by atoms with E-state index in [1.165, 1.54) is 0 Å². The van der Waals surface area contributed by atoms with Crippen molar-refractivity contribution < 1.29 is 9.59 Å². The third kappa shape index (κ3) is 6.14. The molecule has 4 aromatic rings. The van der Waals surface area contributed by atoms with Crippen LogP contribution in [0.4, 0.5) is 5.69 Å². The Hall–Kier alpha value is -4.26. The van der Waals surface area contributed by atoms with E-state index in [-0.39, 0.29) is 29.8 Å². The van der Waals surface area contributed by atoms with Gasteiger partial charge in [-0.2, -0.15) is 0 Å². The lowest BCUT2D eigenvalue weighted by Crippen LogP contribution is -2.53. The number of hydrogen-bond acceptors (Lipinski definition) is 5. The van der Waals surface area contributed by atoms with Gasteiger partial charge in [0.05, 0.1) is 17.3 Å². The van der Waals surface area contributed by atoms with Gasteiger partial charge in [0, 0.05) is 35.4 Å². The van der Waals surface area contributed by atoms with Gasteiger partial charge in [-0.15, -0.1) is 0 Å². The molecule has 1 saturated heterocycles. The van der Waals surface area contributed by atoms with E-state index < -0.39 is 6.04 Å². The van der Waals surface area contributed by atoms with Crippen molar-refractivity contribution in [2.24, 2.45) is 5.92 Å². The van der Waals surface area contributed by atoms with Gasteiger partial charge in [0.25, 0.3) is 5.91 Å². The summed E-state index contributed by atoms with van der Waals surface area (Å²) in [4.78, 5) is 38.1. The van der Waals surface area contributed by atoms with Crippen molar-refractivity contribution in [3.05, 3.63) is 90.8 Å². The lowest BCUT2D eigenvalue weighted by atomic mass is 10.0. The van der Waals surface area contributed by atoms with E-state index in [9.17, 15) is 9.59 Å². The van der Waals surface area contributed by atoms with Crippen LogP contribution in [0.2, 0.25) is 0 Å². The quantitative estimate of drug-likeness (QED) is 0.291. The minimum absolute atomic E-state index is 0.0126. The highest BCUT2D eigenvalue weighted by Gasteiger charge is 2.36. The lowest BCUT2D eigenvalue weighted by Gasteiger charge is -2.31. The van der Waals surface area contributed by atoms with E-state index in [1.54, 1.807) is 12.3 Å². The molecule has 0 spiro atoms. The highest BCUT2D eigenvalue weighted by Crippen LogP contribution is 2.31. The third-order valence-electron chi connectivity index (χ3n) is 7.59. The van der Waals surface area contributed by atoms with E-state index >= 15 is 0 Å². The molecule has 7 heteroatoms. The maximum absolute atomic E-state index is 13.6. The number of fused-ring (bicyclic) bond motifs is 1. The van der Waals surface area contributed by atoms with Crippen molar-refractivity contribution in [3.63, 3.8) is 0 Å². The van der Waals surface area contributed by atoms with E-state index in [1.807, 2.05) is 48.5 Å². The standard InChI is InChI=1S/C33H37N5O2/c1-4-31-28(17-19-38(31)25-12-9-11-24(21-25)26-13-7-8-18-34-26)36-33(40)30(20-22(2)3)37-32(39)29-16-15-23-10-5-6-14-27(23)35-29/h5-16,18,21-22,28,30-31H,4,17,19-20H2,1-3H3,(H,36,40)(H,37,39)/t28-,30+,31?/m1/s1. The number of aromatic nitrogens is 2. The number of carbonyl (C=O) groups is 2. The molecule has 2 amide bonds. The molecule has 1 aliphatic rings. The van der Waals surface area contributed by atoms with Crippen molar-refractivity contribution in [1.29, 1.82) is 0 Å². The number of amides is 2. The molecule has 0 bridgehead atoms. The van der Waals surface area contributed by atoms with Crippen LogP contribution in [0.25, 0.3) is 22.2 Å². The summed E-state index contributed by atoms with van der Waals surface area (Å²) in [7, 11) is 0.